The van der Waals surface area contributed by atoms with Gasteiger partial charge in [0.2, 0.25) is 0 Å². The smallest absolute Gasteiger partial charge is 0.163 e. The van der Waals surface area contributed by atoms with E-state index in [1.807, 2.05) is 49.4 Å². The zero-order chi connectivity index (χ0) is 34.0. The highest BCUT2D eigenvalue weighted by Crippen LogP contribution is 2.29. The van der Waals surface area contributed by atoms with Gasteiger partial charge in [0.1, 0.15) is 11.5 Å². The molecule has 1 unspecified atom stereocenters. The fourth-order valence-electron chi connectivity index (χ4n) is 6.76. The number of aromatic hydroxyl groups is 1. The van der Waals surface area contributed by atoms with E-state index in [0.29, 0.717) is 6.42 Å². The number of allylic oxidation sites excluding steroid dienone is 1. The highest BCUT2D eigenvalue weighted by atomic mass is 16.5. The molecule has 0 bridgehead atoms. The zero-order valence-corrected chi connectivity index (χ0v) is 30.0. The Morgan fingerprint density at radius 1 is 0.872 bits per heavy atom. The predicted molar refractivity (Wildman–Crippen MR) is 201 cm³/mol. The van der Waals surface area contributed by atoms with E-state index in [1.165, 1.54) is 58.0 Å². The molecule has 2 aliphatic rings. The lowest BCUT2D eigenvalue weighted by molar-refractivity contribution is 0.0979. The minimum Gasteiger partial charge on any atom is -0.508 e. The number of piperidine rings is 1. The van der Waals surface area contributed by atoms with Gasteiger partial charge < -0.3 is 14.7 Å². The third-order valence-corrected chi connectivity index (χ3v) is 9.70. The van der Waals surface area contributed by atoms with Gasteiger partial charge in [-0.05, 0) is 111 Å². The first-order valence-electron chi connectivity index (χ1n) is 18.3. The monoisotopic (exact) mass is 639 g/mol. The Bertz CT molecular complexity index is 1360. The lowest BCUT2D eigenvalue weighted by atomic mass is 9.92. The normalized spacial score (nSPS) is 16.4. The average molecular weight is 640 g/mol. The molecule has 1 aliphatic carbocycles. The van der Waals surface area contributed by atoms with Crippen molar-refractivity contribution in [1.82, 2.24) is 4.90 Å². The Labute approximate surface area is 286 Å². The quantitative estimate of drug-likeness (QED) is 0.200. The Hall–Kier alpha value is -3.37. The van der Waals surface area contributed by atoms with Crippen LogP contribution in [0.1, 0.15) is 126 Å². The average Bonchev–Trinajstić information content (AvgIpc) is 3.66. The molecule has 47 heavy (non-hydrogen) atoms. The SMILES string of the molecule is C=C(C)c1ccccc1OC.CCC1CCCN(C2CCCC2)C1.CCCCC(=O)c1cc(-c2ccc(O)cc2)ccc1CCCC. The molecule has 4 nitrogen and oxygen atoms in total. The van der Waals surface area contributed by atoms with Gasteiger partial charge in [0.15, 0.2) is 5.78 Å². The van der Waals surface area contributed by atoms with E-state index in [4.69, 9.17) is 4.74 Å². The molecule has 0 radical (unpaired) electrons. The van der Waals surface area contributed by atoms with Crippen molar-refractivity contribution in [2.45, 2.75) is 117 Å². The van der Waals surface area contributed by atoms with Crippen molar-refractivity contribution in [2.24, 2.45) is 5.92 Å². The number of unbranched alkanes of at least 4 members (excludes halogenated alkanes) is 2. The van der Waals surface area contributed by atoms with Gasteiger partial charge in [0.05, 0.1) is 7.11 Å². The number of para-hydroxylation sites is 1. The molecule has 2 fully saturated rings. The van der Waals surface area contributed by atoms with Gasteiger partial charge in [-0.1, -0.05) is 102 Å². The Kier molecular flexibility index (Phi) is 16.8. The number of phenolic OH excluding ortho intramolecular Hbond substituents is 1. The number of aryl methyl sites for hydroxylation is 1. The summed E-state index contributed by atoms with van der Waals surface area (Å²) in [6.07, 6.45) is 16.0. The van der Waals surface area contributed by atoms with Crippen molar-refractivity contribution in [1.29, 1.82) is 0 Å². The molecule has 1 N–H and O–H groups in total. The number of carbonyl (C=O) groups excluding carboxylic acids is 1. The van der Waals surface area contributed by atoms with Crippen LogP contribution in [0.2, 0.25) is 0 Å². The molecule has 1 heterocycles. The van der Waals surface area contributed by atoms with E-state index >= 15 is 0 Å². The van der Waals surface area contributed by atoms with E-state index in [0.717, 1.165) is 83.2 Å². The van der Waals surface area contributed by atoms with Crippen molar-refractivity contribution in [3.8, 4) is 22.6 Å². The first kappa shape index (κ1) is 38.1. The number of phenols is 1. The fourth-order valence-corrected chi connectivity index (χ4v) is 6.76. The highest BCUT2D eigenvalue weighted by molar-refractivity contribution is 5.98. The topological polar surface area (TPSA) is 49.8 Å². The maximum Gasteiger partial charge on any atom is 0.163 e. The van der Waals surface area contributed by atoms with Crippen LogP contribution >= 0.6 is 0 Å². The van der Waals surface area contributed by atoms with Crippen molar-refractivity contribution >= 4 is 11.4 Å². The molecule has 3 aromatic carbocycles. The molecule has 1 aliphatic heterocycles. The van der Waals surface area contributed by atoms with Gasteiger partial charge in [-0.3, -0.25) is 4.79 Å². The first-order chi connectivity index (χ1) is 22.8. The Morgan fingerprint density at radius 3 is 2.17 bits per heavy atom. The van der Waals surface area contributed by atoms with Crippen molar-refractivity contribution in [2.75, 3.05) is 20.2 Å². The number of methoxy groups -OCH3 is 1. The van der Waals surface area contributed by atoms with Crippen molar-refractivity contribution in [3.63, 3.8) is 0 Å². The lowest BCUT2D eigenvalue weighted by Crippen LogP contribution is -2.41. The van der Waals surface area contributed by atoms with Gasteiger partial charge in [-0.25, -0.2) is 0 Å². The molecular weight excluding hydrogens is 578 g/mol. The summed E-state index contributed by atoms with van der Waals surface area (Å²) in [6.45, 7) is 15.2. The number of benzene rings is 3. The molecule has 4 heteroatoms. The summed E-state index contributed by atoms with van der Waals surface area (Å²) in [6, 6.07) is 22.2. The van der Waals surface area contributed by atoms with Crippen LogP contribution in [0.5, 0.6) is 11.5 Å². The maximum atomic E-state index is 12.6. The molecule has 3 aromatic rings. The second-order valence-electron chi connectivity index (χ2n) is 13.4. The van der Waals surface area contributed by atoms with Gasteiger partial charge in [0, 0.05) is 30.1 Å². The molecular formula is C43H61NO3. The number of carbonyl (C=O) groups is 1. The Balaban J connectivity index is 0.000000210. The first-order valence-corrected chi connectivity index (χ1v) is 18.3. The van der Waals surface area contributed by atoms with Gasteiger partial charge in [0.25, 0.3) is 0 Å². The molecule has 0 aromatic heterocycles. The number of hydrogen-bond acceptors (Lipinski definition) is 4. The number of likely N-dealkylation sites (tertiary alicyclic amines) is 1. The van der Waals surface area contributed by atoms with Gasteiger partial charge >= 0.3 is 0 Å². The summed E-state index contributed by atoms with van der Waals surface area (Å²) in [4.78, 5) is 15.4. The molecule has 0 amide bonds. The number of Topliss-reactive ketones (excluding diaryl/α,β-unsaturated/α-hetero) is 1. The summed E-state index contributed by atoms with van der Waals surface area (Å²) in [5.41, 5.74) is 6.20. The molecule has 1 atom stereocenters. The van der Waals surface area contributed by atoms with Gasteiger partial charge in [-0.2, -0.15) is 0 Å². The highest BCUT2D eigenvalue weighted by Gasteiger charge is 2.26. The minimum atomic E-state index is 0.249. The van der Waals surface area contributed by atoms with Crippen LogP contribution in [0.3, 0.4) is 0 Å². The third kappa shape index (κ3) is 12.3. The number of ether oxygens (including phenoxy) is 1. The standard InChI is InChI=1S/C21H26O2.C12H23N.C10H12O/c1-3-5-7-17-9-10-18(16-11-13-19(22)14-12-16)15-20(17)21(23)8-6-4-2;1-2-11-6-5-9-13(10-11)12-7-3-4-8-12;1-8(2)9-6-4-5-7-10(9)11-3/h9-15,22H,3-8H2,1-2H3;11-12H,2-10H2,1H3;4-7H,1H2,2-3H3. The van der Waals surface area contributed by atoms with Crippen molar-refractivity contribution < 1.29 is 14.6 Å². The summed E-state index contributed by atoms with van der Waals surface area (Å²) in [5.74, 6) is 2.40. The maximum absolute atomic E-state index is 12.6. The minimum absolute atomic E-state index is 0.249. The summed E-state index contributed by atoms with van der Waals surface area (Å²) in [7, 11) is 1.67. The Morgan fingerprint density at radius 2 is 1.55 bits per heavy atom. The lowest BCUT2D eigenvalue weighted by Gasteiger charge is -2.36. The van der Waals surface area contributed by atoms with E-state index < -0.39 is 0 Å². The van der Waals surface area contributed by atoms with E-state index in [1.54, 1.807) is 19.2 Å². The predicted octanol–water partition coefficient (Wildman–Crippen LogP) is 11.6. The second kappa shape index (κ2) is 20.8. The number of hydrogen-bond donors (Lipinski definition) is 1. The number of ketones is 1. The van der Waals surface area contributed by atoms with Gasteiger partial charge in [-0.15, -0.1) is 0 Å². The molecule has 0 spiro atoms. The van der Waals surface area contributed by atoms with Crippen LogP contribution in [0.25, 0.3) is 16.7 Å². The van der Waals surface area contributed by atoms with Crippen LogP contribution in [0, 0.1) is 5.92 Å². The zero-order valence-electron chi connectivity index (χ0n) is 30.0. The van der Waals surface area contributed by atoms with Crippen LogP contribution < -0.4 is 4.74 Å². The van der Waals surface area contributed by atoms with Crippen LogP contribution in [0.4, 0.5) is 0 Å². The fraction of sp³-hybridized carbons (Fsp3) is 0.512. The largest absolute Gasteiger partial charge is 0.508 e. The van der Waals surface area contributed by atoms with E-state index in [9.17, 15) is 9.90 Å². The van der Waals surface area contributed by atoms with Crippen molar-refractivity contribution in [3.05, 3.63) is 90.0 Å². The molecule has 256 valence electrons. The van der Waals surface area contributed by atoms with Crippen LogP contribution in [-0.4, -0.2) is 42.0 Å². The summed E-state index contributed by atoms with van der Waals surface area (Å²) in [5, 5.41) is 9.43. The third-order valence-electron chi connectivity index (χ3n) is 9.70. The molecule has 5 rings (SSSR count). The van der Waals surface area contributed by atoms with E-state index in [2.05, 4.69) is 44.4 Å². The molecule has 1 saturated heterocycles. The second-order valence-corrected chi connectivity index (χ2v) is 13.4. The number of nitrogens with zero attached hydrogens (tertiary/aromatic N) is 1. The van der Waals surface area contributed by atoms with Crippen LogP contribution in [-0.2, 0) is 6.42 Å². The van der Waals surface area contributed by atoms with E-state index in [-0.39, 0.29) is 11.5 Å². The van der Waals surface area contributed by atoms with Crippen LogP contribution in [0.15, 0.2) is 73.3 Å². The summed E-state index contributed by atoms with van der Waals surface area (Å²) >= 11 is 0. The summed E-state index contributed by atoms with van der Waals surface area (Å²) < 4.78 is 5.15. The molecule has 1 saturated carbocycles. The number of rotatable bonds is 12.